The minimum absolute atomic E-state index is 0.230. The van der Waals surface area contributed by atoms with E-state index < -0.39 is 0 Å². The number of nitrogens with zero attached hydrogens (tertiary/aromatic N) is 7. The zero-order chi connectivity index (χ0) is 22.1. The van der Waals surface area contributed by atoms with Crippen molar-refractivity contribution in [2.75, 3.05) is 50.8 Å². The van der Waals surface area contributed by atoms with Gasteiger partial charge in [-0.15, -0.1) is 0 Å². The zero-order valence-electron chi connectivity index (χ0n) is 18.4. The number of morpholine rings is 1. The van der Waals surface area contributed by atoms with E-state index in [-0.39, 0.29) is 23.3 Å². The second-order valence-corrected chi connectivity index (χ2v) is 8.73. The summed E-state index contributed by atoms with van der Waals surface area (Å²) >= 11 is 6.29. The Morgan fingerprint density at radius 1 is 1.16 bits per heavy atom. The Bertz CT molecular complexity index is 933. The summed E-state index contributed by atoms with van der Waals surface area (Å²) in [6, 6.07) is 0.461. The summed E-state index contributed by atoms with van der Waals surface area (Å²) in [5.41, 5.74) is 6.99. The van der Waals surface area contributed by atoms with E-state index in [9.17, 15) is 4.79 Å². The van der Waals surface area contributed by atoms with Crippen LogP contribution in [0.2, 0.25) is 5.28 Å². The third-order valence-corrected chi connectivity index (χ3v) is 6.30. The van der Waals surface area contributed by atoms with Gasteiger partial charge < -0.3 is 19.9 Å². The lowest BCUT2D eigenvalue weighted by Gasteiger charge is -2.43. The first-order valence-electron chi connectivity index (χ1n) is 10.9. The van der Waals surface area contributed by atoms with Crippen LogP contribution in [0, 0.1) is 0 Å². The minimum atomic E-state index is -0.286. The van der Waals surface area contributed by atoms with Gasteiger partial charge in [-0.1, -0.05) is 0 Å². The molecule has 2 aromatic rings. The quantitative estimate of drug-likeness (QED) is 0.641. The van der Waals surface area contributed by atoms with E-state index >= 15 is 0 Å². The molecule has 0 bridgehead atoms. The van der Waals surface area contributed by atoms with Crippen molar-refractivity contribution in [1.29, 1.82) is 0 Å². The molecule has 31 heavy (non-hydrogen) atoms. The molecule has 0 saturated carbocycles. The van der Waals surface area contributed by atoms with Gasteiger partial charge in [0.05, 0.1) is 26.3 Å². The van der Waals surface area contributed by atoms with Crippen LogP contribution in [0.5, 0.6) is 0 Å². The van der Waals surface area contributed by atoms with Gasteiger partial charge >= 0.3 is 0 Å². The molecule has 11 heteroatoms. The van der Waals surface area contributed by atoms with Crippen LogP contribution >= 0.6 is 11.6 Å². The molecule has 2 N–H and O–H groups in total. The van der Waals surface area contributed by atoms with Crippen molar-refractivity contribution in [3.05, 3.63) is 11.1 Å². The van der Waals surface area contributed by atoms with E-state index in [1.807, 2.05) is 0 Å². The van der Waals surface area contributed by atoms with Gasteiger partial charge in [0.25, 0.3) is 0 Å². The van der Waals surface area contributed by atoms with Crippen LogP contribution < -0.4 is 10.6 Å². The first-order chi connectivity index (χ1) is 14.9. The second-order valence-electron chi connectivity index (χ2n) is 8.39. The molecule has 0 radical (unpaired) electrons. The van der Waals surface area contributed by atoms with E-state index in [0.717, 1.165) is 55.5 Å². The number of amides is 1. The maximum Gasteiger partial charge on any atom is 0.231 e. The molecule has 2 aliphatic rings. The highest BCUT2D eigenvalue weighted by Gasteiger charge is 2.31. The maximum atomic E-state index is 11.4. The molecule has 1 amide bonds. The number of halogens is 1. The van der Waals surface area contributed by atoms with Gasteiger partial charge in [0, 0.05) is 44.8 Å². The number of nitrogens with two attached hydrogens (primary N) is 1. The number of piperazine rings is 1. The summed E-state index contributed by atoms with van der Waals surface area (Å²) in [6.45, 7) is 12.6. The molecule has 2 unspecified atom stereocenters. The Morgan fingerprint density at radius 3 is 2.45 bits per heavy atom. The minimum Gasteiger partial charge on any atom is -0.378 e. The number of hydrogen-bond donors (Lipinski definition) is 1. The summed E-state index contributed by atoms with van der Waals surface area (Å²) in [6.07, 6.45) is 0. The predicted octanol–water partition coefficient (Wildman–Crippen LogP) is 0.716. The molecular formula is C20H31ClN8O2. The van der Waals surface area contributed by atoms with Crippen molar-refractivity contribution in [1.82, 2.24) is 29.3 Å². The molecule has 10 nitrogen and oxygen atoms in total. The normalized spacial score (nSPS) is 23.5. The third-order valence-electron chi connectivity index (χ3n) is 6.14. The Balaban J connectivity index is 1.61. The van der Waals surface area contributed by atoms with Gasteiger partial charge in [0.1, 0.15) is 5.82 Å². The molecule has 2 aromatic heterocycles. The molecule has 4 rings (SSSR count). The van der Waals surface area contributed by atoms with Crippen molar-refractivity contribution in [3.8, 4) is 0 Å². The van der Waals surface area contributed by atoms with E-state index in [1.165, 1.54) is 0 Å². The van der Waals surface area contributed by atoms with Crippen molar-refractivity contribution in [2.24, 2.45) is 5.73 Å². The number of carbonyl (C=O) groups excluding carboxylic acids is 1. The van der Waals surface area contributed by atoms with E-state index in [2.05, 4.69) is 50.0 Å². The Labute approximate surface area is 187 Å². The number of carbonyl (C=O) groups is 1. The summed E-state index contributed by atoms with van der Waals surface area (Å²) in [5.74, 6) is 1.44. The molecule has 170 valence electrons. The van der Waals surface area contributed by atoms with Crippen molar-refractivity contribution in [3.63, 3.8) is 0 Å². The average molecular weight is 451 g/mol. The first-order valence-corrected chi connectivity index (χ1v) is 11.3. The highest BCUT2D eigenvalue weighted by atomic mass is 35.5. The fraction of sp³-hybridized carbons (Fsp3) is 0.700. The number of hydrogen-bond acceptors (Lipinski definition) is 8. The average Bonchev–Trinajstić information content (AvgIpc) is 3.07. The SMILES string of the molecule is CCn1c(CN2CC(C)N(CC(N)=O)C(C)C2)nc2c(N3CCOCC3)nc(Cl)nc21. The van der Waals surface area contributed by atoms with Gasteiger partial charge in [0.2, 0.25) is 11.2 Å². The molecule has 2 aliphatic heterocycles. The van der Waals surface area contributed by atoms with E-state index in [1.54, 1.807) is 0 Å². The third kappa shape index (κ3) is 4.62. The number of primary amides is 1. The largest absolute Gasteiger partial charge is 0.378 e. The van der Waals surface area contributed by atoms with Crippen LogP contribution in [0.4, 0.5) is 5.82 Å². The summed E-state index contributed by atoms with van der Waals surface area (Å²) < 4.78 is 7.61. The standard InChI is InChI=1S/C20H31ClN8O2/c1-4-28-16(12-26-9-13(2)29(11-15(22)30)14(3)10-26)23-17-18(24-20(21)25-19(17)28)27-5-7-31-8-6-27/h13-14H,4-12H2,1-3H3,(H2,22,30). The number of rotatable bonds is 6. The fourth-order valence-electron chi connectivity index (χ4n) is 4.74. The summed E-state index contributed by atoms with van der Waals surface area (Å²) in [5, 5.41) is 0.234. The van der Waals surface area contributed by atoms with Gasteiger partial charge in [-0.25, -0.2) is 4.98 Å². The highest BCUT2D eigenvalue weighted by Crippen LogP contribution is 2.28. The number of ether oxygens (including phenoxy) is 1. The number of aryl methyl sites for hydroxylation is 1. The number of fused-ring (bicyclic) bond motifs is 1. The first kappa shape index (κ1) is 22.2. The fourth-order valence-corrected chi connectivity index (χ4v) is 4.90. The van der Waals surface area contributed by atoms with Gasteiger partial charge in [0.15, 0.2) is 17.0 Å². The molecule has 0 spiro atoms. The predicted molar refractivity (Wildman–Crippen MR) is 119 cm³/mol. The lowest BCUT2D eigenvalue weighted by Crippen LogP contribution is -2.58. The van der Waals surface area contributed by atoms with Gasteiger partial charge in [-0.2, -0.15) is 9.97 Å². The van der Waals surface area contributed by atoms with Crippen LogP contribution in [0.25, 0.3) is 11.2 Å². The van der Waals surface area contributed by atoms with Crippen molar-refractivity contribution in [2.45, 2.75) is 45.9 Å². The zero-order valence-corrected chi connectivity index (χ0v) is 19.2. The molecular weight excluding hydrogens is 420 g/mol. The van der Waals surface area contributed by atoms with Crippen molar-refractivity contribution < 1.29 is 9.53 Å². The topological polar surface area (TPSA) is 106 Å². The van der Waals surface area contributed by atoms with E-state index in [0.29, 0.717) is 26.3 Å². The van der Waals surface area contributed by atoms with Crippen molar-refractivity contribution >= 4 is 34.5 Å². The number of anilines is 1. The van der Waals surface area contributed by atoms with Crippen LogP contribution in [0.3, 0.4) is 0 Å². The Morgan fingerprint density at radius 2 is 1.84 bits per heavy atom. The molecule has 2 saturated heterocycles. The Hall–Kier alpha value is -2.01. The number of aromatic nitrogens is 4. The Kier molecular flexibility index (Phi) is 6.61. The second kappa shape index (κ2) is 9.23. The lowest BCUT2D eigenvalue weighted by atomic mass is 10.1. The molecule has 2 atom stereocenters. The van der Waals surface area contributed by atoms with Crippen LogP contribution in [0.1, 0.15) is 26.6 Å². The summed E-state index contributed by atoms with van der Waals surface area (Å²) in [4.78, 5) is 32.1. The molecule has 4 heterocycles. The van der Waals surface area contributed by atoms with Gasteiger partial charge in [-0.3, -0.25) is 14.6 Å². The van der Waals surface area contributed by atoms with Crippen LogP contribution in [-0.4, -0.2) is 93.2 Å². The maximum absolute atomic E-state index is 11.4. The molecule has 2 fully saturated rings. The number of imidazole rings is 1. The van der Waals surface area contributed by atoms with Crippen LogP contribution in [-0.2, 0) is 22.6 Å². The van der Waals surface area contributed by atoms with Crippen LogP contribution in [0.15, 0.2) is 0 Å². The highest BCUT2D eigenvalue weighted by molar-refractivity contribution is 6.28. The van der Waals surface area contributed by atoms with Gasteiger partial charge in [-0.05, 0) is 32.4 Å². The van der Waals surface area contributed by atoms with E-state index in [4.69, 9.17) is 27.1 Å². The smallest absolute Gasteiger partial charge is 0.231 e. The molecule has 0 aliphatic carbocycles. The summed E-state index contributed by atoms with van der Waals surface area (Å²) in [7, 11) is 0. The molecule has 0 aromatic carbocycles. The monoisotopic (exact) mass is 450 g/mol. The lowest BCUT2D eigenvalue weighted by molar-refractivity contribution is -0.121.